The molecule has 8 heteroatoms. The van der Waals surface area contributed by atoms with E-state index in [9.17, 15) is 9.59 Å². The van der Waals surface area contributed by atoms with Gasteiger partial charge in [0.2, 0.25) is 0 Å². The normalized spacial score (nSPS) is 11.0. The van der Waals surface area contributed by atoms with Gasteiger partial charge < -0.3 is 4.74 Å². The van der Waals surface area contributed by atoms with Gasteiger partial charge in [0.05, 0.1) is 28.8 Å². The molecule has 2 heterocycles. The number of benzene rings is 3. The van der Waals surface area contributed by atoms with Gasteiger partial charge in [-0.2, -0.15) is 9.78 Å². The van der Waals surface area contributed by atoms with Gasteiger partial charge in [0, 0.05) is 28.1 Å². The molecule has 0 aliphatic heterocycles. The maximum Gasteiger partial charge on any atom is 0.337 e. The number of halogens is 1. The fraction of sp³-hybridized carbons (Fsp3) is 0.0769. The fourth-order valence-corrected chi connectivity index (χ4v) is 4.81. The quantitative estimate of drug-likeness (QED) is 0.279. The summed E-state index contributed by atoms with van der Waals surface area (Å²) < 4.78 is 6.18. The van der Waals surface area contributed by atoms with Gasteiger partial charge >= 0.3 is 5.97 Å². The number of fused-ring (bicyclic) bond motifs is 1. The number of rotatable bonds is 4. The number of carbonyl (C=O) groups is 2. The van der Waals surface area contributed by atoms with E-state index < -0.39 is 5.97 Å². The second kappa shape index (κ2) is 8.85. The first-order valence-corrected chi connectivity index (χ1v) is 11.6. The highest BCUT2D eigenvalue weighted by molar-refractivity contribution is 7.13. The lowest BCUT2D eigenvalue weighted by atomic mass is 10.0. The molecular formula is C26H18ClN3O3S. The Kier molecular flexibility index (Phi) is 5.73. The van der Waals surface area contributed by atoms with E-state index in [0.29, 0.717) is 27.4 Å². The van der Waals surface area contributed by atoms with Crippen LogP contribution in [0.15, 0.2) is 72.2 Å². The summed E-state index contributed by atoms with van der Waals surface area (Å²) in [5.74, 6) is -0.735. The molecule has 0 unspecified atom stereocenters. The third-order valence-corrected chi connectivity index (χ3v) is 6.71. The summed E-state index contributed by atoms with van der Waals surface area (Å²) in [5, 5.41) is 8.63. The molecule has 0 N–H and O–H groups in total. The summed E-state index contributed by atoms with van der Waals surface area (Å²) >= 11 is 7.93. The van der Waals surface area contributed by atoms with Gasteiger partial charge in [-0.05, 0) is 42.8 Å². The van der Waals surface area contributed by atoms with Crippen molar-refractivity contribution in [3.05, 3.63) is 94.0 Å². The first-order chi connectivity index (χ1) is 16.5. The van der Waals surface area contributed by atoms with Crippen molar-refractivity contribution in [1.82, 2.24) is 14.8 Å². The molecule has 0 atom stereocenters. The highest BCUT2D eigenvalue weighted by Crippen LogP contribution is 2.33. The van der Waals surface area contributed by atoms with E-state index in [2.05, 4.69) is 4.98 Å². The van der Waals surface area contributed by atoms with Crippen LogP contribution in [0.1, 0.15) is 26.3 Å². The lowest BCUT2D eigenvalue weighted by Gasteiger charge is -2.08. The number of hydrogen-bond acceptors (Lipinski definition) is 6. The maximum atomic E-state index is 13.7. The third-order valence-electron chi connectivity index (χ3n) is 5.57. The highest BCUT2D eigenvalue weighted by atomic mass is 35.5. The Hall–Kier alpha value is -3.81. The van der Waals surface area contributed by atoms with E-state index in [0.717, 1.165) is 27.1 Å². The zero-order valence-electron chi connectivity index (χ0n) is 18.3. The van der Waals surface area contributed by atoms with Gasteiger partial charge in [-0.25, -0.2) is 9.78 Å². The number of aryl methyl sites for hydroxylation is 1. The van der Waals surface area contributed by atoms with Crippen molar-refractivity contribution in [1.29, 1.82) is 0 Å². The summed E-state index contributed by atoms with van der Waals surface area (Å²) in [6.07, 6.45) is 1.74. The molecule has 168 valence electrons. The highest BCUT2D eigenvalue weighted by Gasteiger charge is 2.22. The number of thiazole rings is 1. The molecule has 0 saturated carbocycles. The first-order valence-electron chi connectivity index (χ1n) is 10.4. The van der Waals surface area contributed by atoms with E-state index in [1.165, 1.54) is 23.1 Å². The molecule has 5 aromatic rings. The number of carbonyl (C=O) groups excluding carboxylic acids is 2. The van der Waals surface area contributed by atoms with Crippen LogP contribution in [0.5, 0.6) is 0 Å². The molecule has 0 radical (unpaired) electrons. The van der Waals surface area contributed by atoms with Gasteiger partial charge in [0.1, 0.15) is 10.7 Å². The maximum absolute atomic E-state index is 13.7. The number of esters is 1. The van der Waals surface area contributed by atoms with Crippen molar-refractivity contribution in [3.63, 3.8) is 0 Å². The molecule has 0 bridgehead atoms. The van der Waals surface area contributed by atoms with Crippen molar-refractivity contribution in [2.75, 3.05) is 7.11 Å². The lowest BCUT2D eigenvalue weighted by Crippen LogP contribution is -2.15. The van der Waals surface area contributed by atoms with E-state index >= 15 is 0 Å². The summed E-state index contributed by atoms with van der Waals surface area (Å²) in [7, 11) is 1.34. The minimum atomic E-state index is -0.417. The zero-order valence-corrected chi connectivity index (χ0v) is 19.9. The molecule has 2 aromatic heterocycles. The number of hydrogen-bond donors (Lipinski definition) is 0. The standard InChI is InChI=1S/C26H18ClN3O3S/c1-15-4-3-5-20(27)22(15)25(31)30-21-14-18(24-28-12-13-34-24)10-11-19(21)23(29-30)16-6-8-17(9-7-16)26(32)33-2/h3-14H,1-2H3. The van der Waals surface area contributed by atoms with Gasteiger partial charge in [-0.1, -0.05) is 41.9 Å². The predicted molar refractivity (Wildman–Crippen MR) is 134 cm³/mol. The Morgan fingerprint density at radius 1 is 1.03 bits per heavy atom. The van der Waals surface area contributed by atoms with Crippen LogP contribution in [0, 0.1) is 6.92 Å². The Bertz CT molecular complexity index is 1520. The van der Waals surface area contributed by atoms with Crippen LogP contribution in [-0.4, -0.2) is 33.8 Å². The fourth-order valence-electron chi connectivity index (χ4n) is 3.87. The van der Waals surface area contributed by atoms with Crippen LogP contribution in [0.2, 0.25) is 5.02 Å². The van der Waals surface area contributed by atoms with Crippen LogP contribution in [0.3, 0.4) is 0 Å². The van der Waals surface area contributed by atoms with E-state index in [1.54, 1.807) is 36.5 Å². The topological polar surface area (TPSA) is 74.1 Å². The van der Waals surface area contributed by atoms with Crippen LogP contribution < -0.4 is 0 Å². The summed E-state index contributed by atoms with van der Waals surface area (Å²) in [6, 6.07) is 18.1. The molecule has 0 spiro atoms. The second-order valence-electron chi connectivity index (χ2n) is 7.64. The Labute approximate surface area is 204 Å². The van der Waals surface area contributed by atoms with Gasteiger partial charge in [0.25, 0.3) is 5.91 Å². The molecule has 3 aromatic carbocycles. The SMILES string of the molecule is COC(=O)c1ccc(-c2nn(C(=O)c3c(C)cccc3Cl)c3cc(-c4nccs4)ccc23)cc1. The monoisotopic (exact) mass is 487 g/mol. The summed E-state index contributed by atoms with van der Waals surface area (Å²) in [5.41, 5.74) is 4.52. The largest absolute Gasteiger partial charge is 0.465 e. The van der Waals surface area contributed by atoms with Crippen molar-refractivity contribution in [2.45, 2.75) is 6.92 Å². The van der Waals surface area contributed by atoms with Gasteiger partial charge in [-0.15, -0.1) is 11.3 Å². The molecule has 0 aliphatic carbocycles. The van der Waals surface area contributed by atoms with Crippen LogP contribution in [0.25, 0.3) is 32.7 Å². The second-order valence-corrected chi connectivity index (χ2v) is 8.94. The van der Waals surface area contributed by atoms with Gasteiger partial charge in [-0.3, -0.25) is 4.79 Å². The molecule has 0 aliphatic rings. The molecule has 0 saturated heterocycles. The lowest BCUT2D eigenvalue weighted by molar-refractivity contribution is 0.0600. The molecule has 0 amide bonds. The minimum Gasteiger partial charge on any atom is -0.465 e. The van der Waals surface area contributed by atoms with Crippen molar-refractivity contribution < 1.29 is 14.3 Å². The smallest absolute Gasteiger partial charge is 0.337 e. The van der Waals surface area contributed by atoms with Crippen molar-refractivity contribution in [2.24, 2.45) is 0 Å². The van der Waals surface area contributed by atoms with Crippen molar-refractivity contribution >= 4 is 45.7 Å². The van der Waals surface area contributed by atoms with E-state index in [1.807, 2.05) is 42.6 Å². The van der Waals surface area contributed by atoms with Gasteiger partial charge in [0.15, 0.2) is 0 Å². The van der Waals surface area contributed by atoms with Crippen LogP contribution >= 0.6 is 22.9 Å². The first kappa shape index (κ1) is 22.0. The summed E-state index contributed by atoms with van der Waals surface area (Å²) in [4.78, 5) is 29.9. The third kappa shape index (κ3) is 3.79. The average molecular weight is 488 g/mol. The van der Waals surface area contributed by atoms with Crippen LogP contribution in [0.4, 0.5) is 0 Å². The van der Waals surface area contributed by atoms with Crippen molar-refractivity contribution in [3.8, 4) is 21.8 Å². The average Bonchev–Trinajstić information content (AvgIpc) is 3.51. The number of aromatic nitrogens is 3. The minimum absolute atomic E-state index is 0.318. The zero-order chi connectivity index (χ0) is 23.8. The molecule has 6 nitrogen and oxygen atoms in total. The molecule has 34 heavy (non-hydrogen) atoms. The van der Waals surface area contributed by atoms with E-state index in [-0.39, 0.29) is 5.91 Å². The molecule has 5 rings (SSSR count). The number of nitrogens with zero attached hydrogens (tertiary/aromatic N) is 3. The molecule has 0 fully saturated rings. The Morgan fingerprint density at radius 2 is 1.79 bits per heavy atom. The summed E-state index contributed by atoms with van der Waals surface area (Å²) in [6.45, 7) is 1.85. The number of ether oxygens (including phenoxy) is 1. The predicted octanol–water partition coefficient (Wildman–Crippen LogP) is 6.26. The Morgan fingerprint density at radius 3 is 2.47 bits per heavy atom. The molecular weight excluding hydrogens is 470 g/mol. The van der Waals surface area contributed by atoms with E-state index in [4.69, 9.17) is 21.4 Å². The number of methoxy groups -OCH3 is 1. The Balaban J connectivity index is 1.71. The van der Waals surface area contributed by atoms with Crippen LogP contribution in [-0.2, 0) is 4.74 Å².